The monoisotopic (exact) mass is 253 g/mol. The summed E-state index contributed by atoms with van der Waals surface area (Å²) >= 11 is 0. The van der Waals surface area contributed by atoms with Gasteiger partial charge >= 0.3 is 0 Å². The van der Waals surface area contributed by atoms with E-state index in [-0.39, 0.29) is 5.41 Å². The minimum atomic E-state index is -3.30. The molecule has 0 atom stereocenters. The lowest BCUT2D eigenvalue weighted by atomic mass is 9.85. The molecule has 94 valence electrons. The summed E-state index contributed by atoms with van der Waals surface area (Å²) in [5, 5.41) is 0. The van der Waals surface area contributed by atoms with Gasteiger partial charge in [0.15, 0.2) is 0 Å². The van der Waals surface area contributed by atoms with Gasteiger partial charge in [-0.15, -0.1) is 0 Å². The number of rotatable bonds is 2. The summed E-state index contributed by atoms with van der Waals surface area (Å²) in [6.45, 7) is 5.50. The Morgan fingerprint density at radius 2 is 1.82 bits per heavy atom. The summed E-state index contributed by atoms with van der Waals surface area (Å²) in [6.07, 6.45) is 2.03. The van der Waals surface area contributed by atoms with Crippen molar-refractivity contribution in [2.45, 2.75) is 31.6 Å². The molecule has 0 bridgehead atoms. The average Bonchev–Trinajstić information content (AvgIpc) is 2.29. The average molecular weight is 253 g/mol. The maximum absolute atomic E-state index is 12.4. The van der Waals surface area contributed by atoms with Gasteiger partial charge < -0.3 is 0 Å². The molecule has 1 saturated heterocycles. The van der Waals surface area contributed by atoms with Crippen LogP contribution in [0.4, 0.5) is 0 Å². The number of nitrogens with zero attached hydrogens (tertiary/aromatic N) is 1. The van der Waals surface area contributed by atoms with E-state index in [0.717, 1.165) is 12.8 Å². The zero-order chi connectivity index (χ0) is 12.5. The lowest BCUT2D eigenvalue weighted by molar-refractivity contribution is 0.187. The molecular formula is C13H19NO2S. The van der Waals surface area contributed by atoms with Crippen molar-refractivity contribution in [3.63, 3.8) is 0 Å². The molecule has 1 heterocycles. The Kier molecular flexibility index (Phi) is 3.27. The first kappa shape index (κ1) is 12.6. The second-order valence-corrected chi connectivity index (χ2v) is 7.36. The van der Waals surface area contributed by atoms with Crippen LogP contribution in [-0.2, 0) is 10.0 Å². The molecule has 1 aromatic rings. The molecular weight excluding hydrogens is 234 g/mol. The molecule has 4 heteroatoms. The van der Waals surface area contributed by atoms with Crippen molar-refractivity contribution in [2.24, 2.45) is 5.41 Å². The molecule has 0 radical (unpaired) electrons. The molecule has 1 aliphatic heterocycles. The van der Waals surface area contributed by atoms with E-state index in [9.17, 15) is 8.42 Å². The fourth-order valence-electron chi connectivity index (χ4n) is 2.32. The van der Waals surface area contributed by atoms with Crippen molar-refractivity contribution in [3.05, 3.63) is 30.3 Å². The van der Waals surface area contributed by atoms with Crippen LogP contribution in [0.25, 0.3) is 0 Å². The van der Waals surface area contributed by atoms with Gasteiger partial charge in [0.05, 0.1) is 4.90 Å². The molecule has 0 amide bonds. The minimum Gasteiger partial charge on any atom is -0.207 e. The number of benzene rings is 1. The molecule has 2 rings (SSSR count). The summed E-state index contributed by atoms with van der Waals surface area (Å²) in [5.41, 5.74) is 0.0834. The maximum atomic E-state index is 12.4. The highest BCUT2D eigenvalue weighted by atomic mass is 32.2. The first-order valence-electron chi connectivity index (χ1n) is 5.97. The molecule has 0 aliphatic carbocycles. The van der Waals surface area contributed by atoms with Crippen LogP contribution in [0.2, 0.25) is 0 Å². The van der Waals surface area contributed by atoms with Crippen LogP contribution < -0.4 is 0 Å². The zero-order valence-electron chi connectivity index (χ0n) is 10.4. The third kappa shape index (κ3) is 2.69. The van der Waals surface area contributed by atoms with Crippen LogP contribution >= 0.6 is 0 Å². The Bertz CT molecular complexity index is 479. The molecule has 0 saturated carbocycles. The normalized spacial score (nSPS) is 21.3. The molecule has 0 N–H and O–H groups in total. The second kappa shape index (κ2) is 4.42. The highest BCUT2D eigenvalue weighted by Crippen LogP contribution is 2.31. The molecule has 1 aliphatic rings. The van der Waals surface area contributed by atoms with Crippen LogP contribution in [0.5, 0.6) is 0 Å². The van der Waals surface area contributed by atoms with Crippen molar-refractivity contribution >= 4 is 10.0 Å². The molecule has 3 nitrogen and oxygen atoms in total. The van der Waals surface area contributed by atoms with Crippen LogP contribution in [0.1, 0.15) is 26.7 Å². The van der Waals surface area contributed by atoms with Crippen LogP contribution in [0.3, 0.4) is 0 Å². The molecule has 0 aromatic heterocycles. The number of hydrogen-bond donors (Lipinski definition) is 0. The predicted molar refractivity (Wildman–Crippen MR) is 68.2 cm³/mol. The van der Waals surface area contributed by atoms with Gasteiger partial charge in [-0.1, -0.05) is 32.0 Å². The lowest BCUT2D eigenvalue weighted by Gasteiger charge is -2.37. The largest absolute Gasteiger partial charge is 0.243 e. The third-order valence-electron chi connectivity index (χ3n) is 3.25. The minimum absolute atomic E-state index is 0.0834. The Hall–Kier alpha value is -0.870. The van der Waals surface area contributed by atoms with E-state index in [1.54, 1.807) is 28.6 Å². The molecule has 0 spiro atoms. The van der Waals surface area contributed by atoms with Crippen molar-refractivity contribution < 1.29 is 8.42 Å². The van der Waals surface area contributed by atoms with E-state index in [1.165, 1.54) is 0 Å². The SMILES string of the molecule is CC1(C)CCCN(S(=O)(=O)c2ccccc2)C1. The van der Waals surface area contributed by atoms with Gasteiger partial charge in [-0.3, -0.25) is 0 Å². The fourth-order valence-corrected chi connectivity index (χ4v) is 4.00. The summed E-state index contributed by atoms with van der Waals surface area (Å²) in [7, 11) is -3.30. The van der Waals surface area contributed by atoms with Crippen molar-refractivity contribution in [1.82, 2.24) is 4.31 Å². The van der Waals surface area contributed by atoms with Crippen molar-refractivity contribution in [2.75, 3.05) is 13.1 Å². The highest BCUT2D eigenvalue weighted by Gasteiger charge is 2.33. The topological polar surface area (TPSA) is 37.4 Å². The van der Waals surface area contributed by atoms with E-state index in [0.29, 0.717) is 18.0 Å². The number of sulfonamides is 1. The zero-order valence-corrected chi connectivity index (χ0v) is 11.2. The standard InChI is InChI=1S/C13H19NO2S/c1-13(2)9-6-10-14(11-13)17(15,16)12-7-4-3-5-8-12/h3-5,7-8H,6,9-11H2,1-2H3. The van der Waals surface area contributed by atoms with Gasteiger partial charge in [-0.05, 0) is 30.4 Å². The molecule has 1 aromatic carbocycles. The van der Waals surface area contributed by atoms with E-state index in [4.69, 9.17) is 0 Å². The smallest absolute Gasteiger partial charge is 0.207 e. The first-order chi connectivity index (χ1) is 7.92. The van der Waals surface area contributed by atoms with E-state index >= 15 is 0 Å². The number of hydrogen-bond acceptors (Lipinski definition) is 2. The first-order valence-corrected chi connectivity index (χ1v) is 7.41. The van der Waals surface area contributed by atoms with Crippen molar-refractivity contribution in [1.29, 1.82) is 0 Å². The van der Waals surface area contributed by atoms with Gasteiger partial charge in [0, 0.05) is 13.1 Å². The van der Waals surface area contributed by atoms with E-state index < -0.39 is 10.0 Å². The summed E-state index contributed by atoms with van der Waals surface area (Å²) in [4.78, 5) is 0.401. The van der Waals surface area contributed by atoms with Crippen LogP contribution in [-0.4, -0.2) is 25.8 Å². The Morgan fingerprint density at radius 1 is 1.18 bits per heavy atom. The van der Waals surface area contributed by atoms with Gasteiger partial charge in [0.1, 0.15) is 0 Å². The predicted octanol–water partition coefficient (Wildman–Crippen LogP) is 2.50. The molecule has 1 fully saturated rings. The Balaban J connectivity index is 2.28. The second-order valence-electron chi connectivity index (χ2n) is 5.42. The molecule has 17 heavy (non-hydrogen) atoms. The van der Waals surface area contributed by atoms with Crippen LogP contribution in [0.15, 0.2) is 35.2 Å². The van der Waals surface area contributed by atoms with Crippen LogP contribution in [0, 0.1) is 5.41 Å². The van der Waals surface area contributed by atoms with Gasteiger partial charge in [0.2, 0.25) is 10.0 Å². The Labute approximate surface area is 104 Å². The van der Waals surface area contributed by atoms with Crippen molar-refractivity contribution in [3.8, 4) is 0 Å². The summed E-state index contributed by atoms with van der Waals surface area (Å²) in [5.74, 6) is 0. The number of piperidine rings is 1. The maximum Gasteiger partial charge on any atom is 0.243 e. The highest BCUT2D eigenvalue weighted by molar-refractivity contribution is 7.89. The molecule has 0 unspecified atom stereocenters. The van der Waals surface area contributed by atoms with E-state index in [2.05, 4.69) is 13.8 Å². The fraction of sp³-hybridized carbons (Fsp3) is 0.538. The van der Waals surface area contributed by atoms with Gasteiger partial charge in [0.25, 0.3) is 0 Å². The Morgan fingerprint density at radius 3 is 2.41 bits per heavy atom. The van der Waals surface area contributed by atoms with Gasteiger partial charge in [-0.25, -0.2) is 8.42 Å². The third-order valence-corrected chi connectivity index (χ3v) is 5.11. The summed E-state index contributed by atoms with van der Waals surface area (Å²) in [6, 6.07) is 8.69. The quantitative estimate of drug-likeness (QED) is 0.812. The lowest BCUT2D eigenvalue weighted by Crippen LogP contribution is -2.43. The van der Waals surface area contributed by atoms with E-state index in [1.807, 2.05) is 6.07 Å². The van der Waals surface area contributed by atoms with Gasteiger partial charge in [-0.2, -0.15) is 4.31 Å². The summed E-state index contributed by atoms with van der Waals surface area (Å²) < 4.78 is 26.4.